The Balaban J connectivity index is 1.94. The van der Waals surface area contributed by atoms with Gasteiger partial charge in [-0.3, -0.25) is 4.79 Å². The van der Waals surface area contributed by atoms with Crippen molar-refractivity contribution in [2.45, 2.75) is 18.2 Å². The number of nitrogens with zero attached hydrogens (tertiary/aromatic N) is 1. The van der Waals surface area contributed by atoms with E-state index >= 15 is 0 Å². The summed E-state index contributed by atoms with van der Waals surface area (Å²) >= 11 is 0. The number of aryl methyl sites for hydroxylation is 1. The summed E-state index contributed by atoms with van der Waals surface area (Å²) in [6.45, 7) is 2.60. The second-order valence-electron chi connectivity index (χ2n) is 5.82. The fraction of sp³-hybridized carbons (Fsp3) is 0.158. The third-order valence-corrected chi connectivity index (χ3v) is 4.78. The van der Waals surface area contributed by atoms with Gasteiger partial charge in [-0.15, -0.1) is 0 Å². The standard InChI is InChI=1S/C19H20N4O3S/c1-14-4-2-3-5-15(14)10-11-22-13-16(12-20)19(24)23-17-6-8-18(9-7-17)27(21,25)26/h2-9,13,22H,10-11H2,1H3,(H,23,24)(H2,21,25,26)/b16-13-. The van der Waals surface area contributed by atoms with Crippen LogP contribution < -0.4 is 15.8 Å². The van der Waals surface area contributed by atoms with Crippen LogP contribution in [0.2, 0.25) is 0 Å². The number of benzene rings is 2. The summed E-state index contributed by atoms with van der Waals surface area (Å²) in [5, 5.41) is 19.7. The molecule has 0 aliphatic rings. The number of anilines is 1. The van der Waals surface area contributed by atoms with Crippen molar-refractivity contribution in [1.29, 1.82) is 5.26 Å². The Morgan fingerprint density at radius 2 is 1.85 bits per heavy atom. The normalized spacial score (nSPS) is 11.5. The van der Waals surface area contributed by atoms with Crippen LogP contribution >= 0.6 is 0 Å². The average Bonchev–Trinajstić information content (AvgIpc) is 2.62. The fourth-order valence-corrected chi connectivity index (χ4v) is 2.86. The number of nitrogens with one attached hydrogen (secondary N) is 2. The van der Waals surface area contributed by atoms with Crippen LogP contribution in [0.4, 0.5) is 5.69 Å². The first kappa shape index (κ1) is 20.2. The summed E-state index contributed by atoms with van der Waals surface area (Å²) in [7, 11) is -3.80. The van der Waals surface area contributed by atoms with E-state index in [0.29, 0.717) is 12.2 Å². The molecule has 27 heavy (non-hydrogen) atoms. The highest BCUT2D eigenvalue weighted by atomic mass is 32.2. The van der Waals surface area contributed by atoms with Crippen LogP contribution in [0.3, 0.4) is 0 Å². The third-order valence-electron chi connectivity index (χ3n) is 3.85. The number of nitriles is 1. The molecule has 0 saturated carbocycles. The van der Waals surface area contributed by atoms with Crippen molar-refractivity contribution in [3.8, 4) is 6.07 Å². The van der Waals surface area contributed by atoms with Crippen LogP contribution in [-0.4, -0.2) is 20.9 Å². The van der Waals surface area contributed by atoms with Gasteiger partial charge in [-0.25, -0.2) is 13.6 Å². The first-order valence-corrected chi connectivity index (χ1v) is 9.68. The van der Waals surface area contributed by atoms with E-state index < -0.39 is 15.9 Å². The number of hydrogen-bond donors (Lipinski definition) is 3. The van der Waals surface area contributed by atoms with Crippen molar-refractivity contribution in [3.63, 3.8) is 0 Å². The maximum Gasteiger partial charge on any atom is 0.267 e. The van der Waals surface area contributed by atoms with E-state index in [0.717, 1.165) is 6.42 Å². The van der Waals surface area contributed by atoms with E-state index in [2.05, 4.69) is 10.6 Å². The highest BCUT2D eigenvalue weighted by molar-refractivity contribution is 7.89. The van der Waals surface area contributed by atoms with Crippen molar-refractivity contribution in [2.24, 2.45) is 5.14 Å². The van der Waals surface area contributed by atoms with E-state index in [-0.39, 0.29) is 10.5 Å². The monoisotopic (exact) mass is 384 g/mol. The Kier molecular flexibility index (Phi) is 6.71. The number of carbonyl (C=O) groups is 1. The molecule has 140 valence electrons. The predicted molar refractivity (Wildman–Crippen MR) is 103 cm³/mol. The number of hydrogen-bond acceptors (Lipinski definition) is 5. The van der Waals surface area contributed by atoms with Crippen LogP contribution in [0.1, 0.15) is 11.1 Å². The Labute approximate surface area is 158 Å². The molecule has 0 atom stereocenters. The summed E-state index contributed by atoms with van der Waals surface area (Å²) in [6, 6.07) is 15.2. The molecule has 7 nitrogen and oxygen atoms in total. The van der Waals surface area contributed by atoms with E-state index in [9.17, 15) is 18.5 Å². The highest BCUT2D eigenvalue weighted by Crippen LogP contribution is 2.13. The molecule has 0 spiro atoms. The second-order valence-corrected chi connectivity index (χ2v) is 7.39. The first-order valence-electron chi connectivity index (χ1n) is 8.13. The zero-order chi connectivity index (χ0) is 19.9. The van der Waals surface area contributed by atoms with Crippen LogP contribution in [-0.2, 0) is 21.2 Å². The molecule has 2 aromatic rings. The molecule has 0 radical (unpaired) electrons. The van der Waals surface area contributed by atoms with E-state index in [1.807, 2.05) is 37.3 Å². The zero-order valence-electron chi connectivity index (χ0n) is 14.8. The van der Waals surface area contributed by atoms with Crippen LogP contribution in [0.15, 0.2) is 65.2 Å². The summed E-state index contributed by atoms with van der Waals surface area (Å²) in [5.74, 6) is -0.593. The topological polar surface area (TPSA) is 125 Å². The van der Waals surface area contributed by atoms with Gasteiger partial charge in [-0.1, -0.05) is 24.3 Å². The van der Waals surface area contributed by atoms with Crippen molar-refractivity contribution in [1.82, 2.24) is 5.32 Å². The van der Waals surface area contributed by atoms with Crippen molar-refractivity contribution in [3.05, 3.63) is 71.4 Å². The molecular weight excluding hydrogens is 364 g/mol. The van der Waals surface area contributed by atoms with Gasteiger partial charge in [-0.05, 0) is 48.7 Å². The number of primary sulfonamides is 1. The lowest BCUT2D eigenvalue weighted by atomic mass is 10.1. The predicted octanol–water partition coefficient (Wildman–Crippen LogP) is 1.82. The molecule has 0 aromatic heterocycles. The number of nitrogens with two attached hydrogens (primary N) is 1. The number of carbonyl (C=O) groups excluding carboxylic acids is 1. The molecular formula is C19H20N4O3S. The molecule has 0 fully saturated rings. The summed E-state index contributed by atoms with van der Waals surface area (Å²) in [4.78, 5) is 12.1. The molecule has 2 aromatic carbocycles. The Morgan fingerprint density at radius 3 is 2.44 bits per heavy atom. The Bertz CT molecular complexity index is 990. The molecule has 1 amide bonds. The minimum Gasteiger partial charge on any atom is -0.389 e. The molecule has 0 saturated heterocycles. The van der Waals surface area contributed by atoms with Gasteiger partial charge in [0.05, 0.1) is 4.90 Å². The van der Waals surface area contributed by atoms with Gasteiger partial charge in [0.25, 0.3) is 5.91 Å². The second kappa shape index (κ2) is 8.98. The molecule has 4 N–H and O–H groups in total. The molecule has 0 heterocycles. The maximum atomic E-state index is 12.2. The van der Waals surface area contributed by atoms with Gasteiger partial charge in [0.2, 0.25) is 10.0 Å². The van der Waals surface area contributed by atoms with Gasteiger partial charge < -0.3 is 10.6 Å². The minimum atomic E-state index is -3.80. The van der Waals surface area contributed by atoms with Crippen LogP contribution in [0.5, 0.6) is 0 Å². The summed E-state index contributed by atoms with van der Waals surface area (Å²) in [6.07, 6.45) is 2.13. The number of amides is 1. The molecule has 0 aliphatic heterocycles. The number of sulfonamides is 1. The van der Waals surface area contributed by atoms with E-state index in [1.54, 1.807) is 0 Å². The van der Waals surface area contributed by atoms with Crippen LogP contribution in [0, 0.1) is 18.3 Å². The van der Waals surface area contributed by atoms with Crippen LogP contribution in [0.25, 0.3) is 0 Å². The maximum absolute atomic E-state index is 12.2. The van der Waals surface area contributed by atoms with Gasteiger partial charge in [0.1, 0.15) is 11.6 Å². The Morgan fingerprint density at radius 1 is 1.19 bits per heavy atom. The third kappa shape index (κ3) is 5.95. The van der Waals surface area contributed by atoms with Crippen molar-refractivity contribution in [2.75, 3.05) is 11.9 Å². The SMILES string of the molecule is Cc1ccccc1CCN/C=C(/C#N)C(=O)Nc1ccc(S(N)(=O)=O)cc1. The van der Waals surface area contributed by atoms with E-state index in [4.69, 9.17) is 5.14 Å². The number of rotatable bonds is 7. The largest absolute Gasteiger partial charge is 0.389 e. The van der Waals surface area contributed by atoms with E-state index in [1.165, 1.54) is 41.6 Å². The van der Waals surface area contributed by atoms with Crippen molar-refractivity contribution < 1.29 is 13.2 Å². The molecule has 2 rings (SSSR count). The molecule has 0 unspecified atom stereocenters. The summed E-state index contributed by atoms with van der Waals surface area (Å²) in [5.41, 5.74) is 2.64. The minimum absolute atomic E-state index is 0.0607. The summed E-state index contributed by atoms with van der Waals surface area (Å²) < 4.78 is 22.4. The first-order chi connectivity index (χ1) is 12.8. The van der Waals surface area contributed by atoms with Crippen molar-refractivity contribution >= 4 is 21.6 Å². The lowest BCUT2D eigenvalue weighted by molar-refractivity contribution is -0.112. The molecule has 0 bridgehead atoms. The molecule has 0 aliphatic carbocycles. The molecule has 8 heteroatoms. The van der Waals surface area contributed by atoms with Gasteiger partial charge in [-0.2, -0.15) is 5.26 Å². The van der Waals surface area contributed by atoms with Gasteiger partial charge in [0.15, 0.2) is 0 Å². The highest BCUT2D eigenvalue weighted by Gasteiger charge is 2.11. The average molecular weight is 384 g/mol. The van der Waals surface area contributed by atoms with Gasteiger partial charge >= 0.3 is 0 Å². The Hall–Kier alpha value is -3.15. The lowest BCUT2D eigenvalue weighted by Gasteiger charge is -2.07. The smallest absolute Gasteiger partial charge is 0.267 e. The quantitative estimate of drug-likeness (QED) is 0.381. The lowest BCUT2D eigenvalue weighted by Crippen LogP contribution is -2.18. The fourth-order valence-electron chi connectivity index (χ4n) is 2.35. The van der Waals surface area contributed by atoms with Gasteiger partial charge in [0, 0.05) is 18.4 Å². The zero-order valence-corrected chi connectivity index (χ0v) is 15.6.